The molecular formula is C18H21N3O2S. The van der Waals surface area contributed by atoms with Gasteiger partial charge < -0.3 is 15.1 Å². The van der Waals surface area contributed by atoms with Gasteiger partial charge in [0.1, 0.15) is 0 Å². The summed E-state index contributed by atoms with van der Waals surface area (Å²) in [6.07, 6.45) is 0.503. The summed E-state index contributed by atoms with van der Waals surface area (Å²) < 4.78 is 0. The van der Waals surface area contributed by atoms with Crippen LogP contribution in [0.15, 0.2) is 41.8 Å². The number of thiophene rings is 1. The van der Waals surface area contributed by atoms with Gasteiger partial charge in [-0.25, -0.2) is 0 Å². The highest BCUT2D eigenvalue weighted by Gasteiger charge is 2.21. The molecular weight excluding hydrogens is 322 g/mol. The monoisotopic (exact) mass is 343 g/mol. The van der Waals surface area contributed by atoms with E-state index in [0.717, 1.165) is 42.4 Å². The molecule has 3 rings (SSSR count). The molecule has 1 aliphatic rings. The molecule has 0 radical (unpaired) electrons. The average Bonchev–Trinajstić information content (AvgIpc) is 3.08. The first-order chi connectivity index (χ1) is 11.6. The van der Waals surface area contributed by atoms with E-state index in [0.29, 0.717) is 6.42 Å². The third-order valence-corrected chi connectivity index (χ3v) is 4.97. The minimum Gasteiger partial charge on any atom is -0.368 e. The van der Waals surface area contributed by atoms with Gasteiger partial charge in [0.05, 0.1) is 6.42 Å². The van der Waals surface area contributed by atoms with Crippen LogP contribution in [0.1, 0.15) is 11.8 Å². The molecule has 0 saturated carbocycles. The molecule has 126 valence electrons. The number of benzene rings is 1. The molecule has 6 heteroatoms. The van der Waals surface area contributed by atoms with Crippen molar-refractivity contribution in [2.24, 2.45) is 0 Å². The molecule has 0 bridgehead atoms. The molecule has 1 saturated heterocycles. The second-order valence-corrected chi connectivity index (χ2v) is 6.88. The Morgan fingerprint density at radius 2 is 1.79 bits per heavy atom. The predicted molar refractivity (Wildman–Crippen MR) is 97.6 cm³/mol. The number of hydrogen-bond acceptors (Lipinski definition) is 4. The molecule has 2 heterocycles. The van der Waals surface area contributed by atoms with E-state index in [1.54, 1.807) is 11.3 Å². The third kappa shape index (κ3) is 4.14. The molecule has 1 N–H and O–H groups in total. The highest BCUT2D eigenvalue weighted by atomic mass is 32.1. The molecule has 5 nitrogen and oxygen atoms in total. The van der Waals surface area contributed by atoms with Crippen LogP contribution in [-0.2, 0) is 16.0 Å². The first-order valence-electron chi connectivity index (χ1n) is 8.04. The van der Waals surface area contributed by atoms with Crippen molar-refractivity contribution in [3.8, 4) is 0 Å². The molecule has 2 amide bonds. The quantitative estimate of drug-likeness (QED) is 0.928. The Labute approximate surface area is 145 Å². The number of anilines is 2. The molecule has 1 fully saturated rings. The lowest BCUT2D eigenvalue weighted by atomic mass is 10.2. The number of piperazine rings is 1. The fraction of sp³-hybridized carbons (Fsp3) is 0.333. The van der Waals surface area contributed by atoms with Crippen molar-refractivity contribution in [2.45, 2.75) is 13.3 Å². The van der Waals surface area contributed by atoms with Gasteiger partial charge in [-0.2, -0.15) is 0 Å². The number of nitrogens with one attached hydrogen (secondary N) is 1. The van der Waals surface area contributed by atoms with E-state index in [-0.39, 0.29) is 11.8 Å². The van der Waals surface area contributed by atoms with Crippen molar-refractivity contribution in [1.82, 2.24) is 4.90 Å². The largest absolute Gasteiger partial charge is 0.368 e. The van der Waals surface area contributed by atoms with Crippen molar-refractivity contribution in [3.63, 3.8) is 0 Å². The predicted octanol–water partition coefficient (Wildman–Crippen LogP) is 2.60. The first-order valence-corrected chi connectivity index (χ1v) is 8.92. The second-order valence-electron chi connectivity index (χ2n) is 5.85. The van der Waals surface area contributed by atoms with Gasteiger partial charge in [-0.05, 0) is 35.7 Å². The van der Waals surface area contributed by atoms with E-state index in [2.05, 4.69) is 10.2 Å². The van der Waals surface area contributed by atoms with Gasteiger partial charge in [0.15, 0.2) is 0 Å². The third-order valence-electron chi connectivity index (χ3n) is 4.09. The summed E-state index contributed by atoms with van der Waals surface area (Å²) in [5.74, 6) is 0.138. The van der Waals surface area contributed by atoms with Crippen LogP contribution in [0.3, 0.4) is 0 Å². The zero-order valence-corrected chi connectivity index (χ0v) is 14.5. The van der Waals surface area contributed by atoms with Gasteiger partial charge in [-0.3, -0.25) is 9.59 Å². The lowest BCUT2D eigenvalue weighted by molar-refractivity contribution is -0.130. The van der Waals surface area contributed by atoms with Crippen LogP contribution in [0.25, 0.3) is 0 Å². The summed E-state index contributed by atoms with van der Waals surface area (Å²) in [5, 5.41) is 4.77. The summed E-state index contributed by atoms with van der Waals surface area (Å²) in [5.41, 5.74) is 1.92. The van der Waals surface area contributed by atoms with Gasteiger partial charge in [0.25, 0.3) is 0 Å². The smallest absolute Gasteiger partial charge is 0.227 e. The summed E-state index contributed by atoms with van der Waals surface area (Å²) in [6.45, 7) is 4.65. The Hall–Kier alpha value is -2.34. The van der Waals surface area contributed by atoms with Crippen molar-refractivity contribution in [1.29, 1.82) is 0 Å². The molecule has 0 atom stereocenters. The van der Waals surface area contributed by atoms with E-state index in [9.17, 15) is 9.59 Å². The van der Waals surface area contributed by atoms with Crippen LogP contribution >= 0.6 is 11.3 Å². The summed E-state index contributed by atoms with van der Waals surface area (Å²) >= 11 is 1.63. The van der Waals surface area contributed by atoms with Crippen LogP contribution in [0, 0.1) is 0 Å². The van der Waals surface area contributed by atoms with Crippen molar-refractivity contribution < 1.29 is 9.59 Å². The Kier molecular flexibility index (Phi) is 5.15. The fourth-order valence-electron chi connectivity index (χ4n) is 2.85. The Balaban J connectivity index is 1.53. The van der Waals surface area contributed by atoms with Crippen LogP contribution < -0.4 is 10.2 Å². The first kappa shape index (κ1) is 16.5. The number of carbonyl (C=O) groups excluding carboxylic acids is 2. The van der Waals surface area contributed by atoms with Crippen LogP contribution in [0.4, 0.5) is 11.4 Å². The van der Waals surface area contributed by atoms with E-state index in [4.69, 9.17) is 0 Å². The number of amides is 2. The molecule has 1 aliphatic heterocycles. The Morgan fingerprint density at radius 3 is 2.38 bits per heavy atom. The van der Waals surface area contributed by atoms with Gasteiger partial charge >= 0.3 is 0 Å². The van der Waals surface area contributed by atoms with E-state index >= 15 is 0 Å². The lowest BCUT2D eigenvalue weighted by Gasteiger charge is -2.36. The molecule has 1 aromatic carbocycles. The topological polar surface area (TPSA) is 52.7 Å². The highest BCUT2D eigenvalue weighted by Crippen LogP contribution is 2.20. The van der Waals surface area contributed by atoms with E-state index in [1.807, 2.05) is 46.7 Å². The molecule has 1 aromatic heterocycles. The number of hydrogen-bond donors (Lipinski definition) is 1. The van der Waals surface area contributed by atoms with Gasteiger partial charge in [0, 0.05) is 49.4 Å². The number of nitrogens with zero attached hydrogens (tertiary/aromatic N) is 2. The molecule has 2 aromatic rings. The van der Waals surface area contributed by atoms with Crippen molar-refractivity contribution >= 4 is 34.5 Å². The normalized spacial score (nSPS) is 14.5. The van der Waals surface area contributed by atoms with E-state index < -0.39 is 0 Å². The molecule has 0 spiro atoms. The number of rotatable bonds is 4. The lowest BCUT2D eigenvalue weighted by Crippen LogP contribution is -2.49. The van der Waals surface area contributed by atoms with Crippen molar-refractivity contribution in [3.05, 3.63) is 46.7 Å². The zero-order valence-electron chi connectivity index (χ0n) is 13.7. The van der Waals surface area contributed by atoms with Crippen LogP contribution in [0.5, 0.6) is 0 Å². The second kappa shape index (κ2) is 7.49. The Bertz CT molecular complexity index is 690. The Morgan fingerprint density at radius 1 is 1.08 bits per heavy atom. The van der Waals surface area contributed by atoms with Crippen LogP contribution in [-0.4, -0.2) is 42.9 Å². The summed E-state index contributed by atoms with van der Waals surface area (Å²) in [7, 11) is 0. The zero-order chi connectivity index (χ0) is 16.9. The minimum absolute atomic E-state index is 0.0689. The molecule has 0 aliphatic carbocycles. The van der Waals surface area contributed by atoms with Crippen molar-refractivity contribution in [2.75, 3.05) is 36.4 Å². The van der Waals surface area contributed by atoms with Gasteiger partial charge in [-0.15, -0.1) is 11.3 Å². The maximum atomic E-state index is 12.3. The number of carbonyl (C=O) groups is 2. The van der Waals surface area contributed by atoms with E-state index in [1.165, 1.54) is 6.92 Å². The summed E-state index contributed by atoms with van der Waals surface area (Å²) in [4.78, 5) is 28.7. The molecule has 0 unspecified atom stereocenters. The molecule has 24 heavy (non-hydrogen) atoms. The standard InChI is InChI=1S/C18H21N3O2S/c1-14(22)19-15-4-6-16(7-5-15)20-8-10-21(11-9-20)18(23)13-17-3-2-12-24-17/h2-7,12H,8-11,13H2,1H3,(H,19,22). The summed E-state index contributed by atoms with van der Waals surface area (Å²) in [6, 6.07) is 11.8. The van der Waals surface area contributed by atoms with Gasteiger partial charge in [-0.1, -0.05) is 6.07 Å². The highest BCUT2D eigenvalue weighted by molar-refractivity contribution is 7.10. The SMILES string of the molecule is CC(=O)Nc1ccc(N2CCN(C(=O)Cc3cccs3)CC2)cc1. The average molecular weight is 343 g/mol. The van der Waals surface area contributed by atoms with Crippen LogP contribution in [0.2, 0.25) is 0 Å². The maximum Gasteiger partial charge on any atom is 0.227 e. The van der Waals surface area contributed by atoms with Gasteiger partial charge in [0.2, 0.25) is 11.8 Å². The fourth-order valence-corrected chi connectivity index (χ4v) is 3.54. The maximum absolute atomic E-state index is 12.3. The minimum atomic E-state index is -0.0689.